The Hall–Kier alpha value is -1.73. The second-order valence-corrected chi connectivity index (χ2v) is 5.70. The highest BCUT2D eigenvalue weighted by molar-refractivity contribution is 9.10. The summed E-state index contributed by atoms with van der Waals surface area (Å²) in [4.78, 5) is 4.25. The normalized spacial score (nSPS) is 10.7. The summed E-state index contributed by atoms with van der Waals surface area (Å²) in [6, 6.07) is 6.72. The van der Waals surface area contributed by atoms with Gasteiger partial charge in [-0.1, -0.05) is 21.1 Å². The highest BCUT2D eigenvalue weighted by Crippen LogP contribution is 2.21. The van der Waals surface area contributed by atoms with Crippen molar-refractivity contribution in [2.75, 3.05) is 5.32 Å². The third-order valence-electron chi connectivity index (χ3n) is 2.60. The summed E-state index contributed by atoms with van der Waals surface area (Å²) in [5, 5.41) is 10.7. The molecule has 2 aromatic heterocycles. The molecule has 7 heteroatoms. The van der Waals surface area contributed by atoms with Crippen LogP contribution in [0.3, 0.4) is 0 Å². The maximum atomic E-state index is 13.6. The lowest BCUT2D eigenvalue weighted by molar-refractivity contribution is 0.423. The minimum absolute atomic E-state index is 0.298. The molecule has 1 aromatic carbocycles. The molecular formula is C13H9BrFN3OS. The molecule has 20 heavy (non-hydrogen) atoms. The van der Waals surface area contributed by atoms with Gasteiger partial charge < -0.3 is 9.84 Å². The summed E-state index contributed by atoms with van der Waals surface area (Å²) >= 11 is 4.77. The van der Waals surface area contributed by atoms with Crippen molar-refractivity contribution >= 4 is 33.0 Å². The van der Waals surface area contributed by atoms with Gasteiger partial charge in [-0.3, -0.25) is 0 Å². The Morgan fingerprint density at radius 1 is 1.35 bits per heavy atom. The molecule has 3 aromatic rings. The van der Waals surface area contributed by atoms with E-state index in [1.54, 1.807) is 23.5 Å². The highest BCUT2D eigenvalue weighted by atomic mass is 79.9. The van der Waals surface area contributed by atoms with Crippen molar-refractivity contribution in [3.8, 4) is 11.5 Å². The first-order valence-corrected chi connectivity index (χ1v) is 7.50. The van der Waals surface area contributed by atoms with E-state index in [0.29, 0.717) is 28.4 Å². The maximum absolute atomic E-state index is 13.6. The Morgan fingerprint density at radius 2 is 2.25 bits per heavy atom. The largest absolute Gasteiger partial charge is 0.375 e. The molecule has 0 fully saturated rings. The summed E-state index contributed by atoms with van der Waals surface area (Å²) < 4.78 is 19.5. The monoisotopic (exact) mass is 353 g/mol. The SMILES string of the molecule is Fc1cc(Br)ccc1NCc1noc(-c2ccsc2)n1. The van der Waals surface area contributed by atoms with Crippen molar-refractivity contribution < 1.29 is 8.91 Å². The number of thiophene rings is 1. The molecule has 4 nitrogen and oxygen atoms in total. The zero-order chi connectivity index (χ0) is 13.9. The lowest BCUT2D eigenvalue weighted by Gasteiger charge is -2.04. The molecule has 0 unspecified atom stereocenters. The van der Waals surface area contributed by atoms with Crippen LogP contribution in [0.15, 0.2) is 44.0 Å². The van der Waals surface area contributed by atoms with E-state index in [2.05, 4.69) is 31.4 Å². The molecule has 0 aliphatic rings. The smallest absolute Gasteiger partial charge is 0.258 e. The fourth-order valence-corrected chi connectivity index (χ4v) is 2.60. The van der Waals surface area contributed by atoms with Crippen molar-refractivity contribution in [3.05, 3.63) is 51.1 Å². The Bertz CT molecular complexity index is 714. The number of aromatic nitrogens is 2. The first-order chi connectivity index (χ1) is 9.72. The summed E-state index contributed by atoms with van der Waals surface area (Å²) in [6.07, 6.45) is 0. The van der Waals surface area contributed by atoms with Crippen LogP contribution in [0.2, 0.25) is 0 Å². The van der Waals surface area contributed by atoms with Crippen LogP contribution in [0.5, 0.6) is 0 Å². The summed E-state index contributed by atoms with van der Waals surface area (Å²) in [5.41, 5.74) is 1.29. The van der Waals surface area contributed by atoms with Gasteiger partial charge in [0, 0.05) is 9.85 Å². The summed E-state index contributed by atoms with van der Waals surface area (Å²) in [5.74, 6) is 0.619. The number of rotatable bonds is 4. The van der Waals surface area contributed by atoms with Crippen LogP contribution < -0.4 is 5.32 Å². The predicted octanol–water partition coefficient (Wildman–Crippen LogP) is 4.31. The van der Waals surface area contributed by atoms with E-state index < -0.39 is 0 Å². The van der Waals surface area contributed by atoms with Crippen molar-refractivity contribution in [2.24, 2.45) is 0 Å². The van der Waals surface area contributed by atoms with E-state index in [1.165, 1.54) is 6.07 Å². The van der Waals surface area contributed by atoms with E-state index in [-0.39, 0.29) is 5.82 Å². The quantitative estimate of drug-likeness (QED) is 0.759. The summed E-state index contributed by atoms with van der Waals surface area (Å²) in [6.45, 7) is 0.298. The number of hydrogen-bond donors (Lipinski definition) is 1. The maximum Gasteiger partial charge on any atom is 0.258 e. The van der Waals surface area contributed by atoms with Gasteiger partial charge in [0.25, 0.3) is 5.89 Å². The number of nitrogens with zero attached hydrogens (tertiary/aromatic N) is 2. The van der Waals surface area contributed by atoms with Gasteiger partial charge in [-0.25, -0.2) is 4.39 Å². The zero-order valence-corrected chi connectivity index (χ0v) is 12.5. The molecule has 3 rings (SSSR count). The van der Waals surface area contributed by atoms with E-state index in [1.807, 2.05) is 16.8 Å². The second kappa shape index (κ2) is 5.72. The molecule has 1 N–H and O–H groups in total. The van der Waals surface area contributed by atoms with Gasteiger partial charge in [0.2, 0.25) is 0 Å². The van der Waals surface area contributed by atoms with Crippen LogP contribution >= 0.6 is 27.3 Å². The lowest BCUT2D eigenvalue weighted by atomic mass is 10.3. The van der Waals surface area contributed by atoms with Gasteiger partial charge in [0.05, 0.1) is 17.8 Å². The zero-order valence-electron chi connectivity index (χ0n) is 10.1. The van der Waals surface area contributed by atoms with Gasteiger partial charge in [-0.2, -0.15) is 16.3 Å². The standard InChI is InChI=1S/C13H9BrFN3OS/c14-9-1-2-11(10(15)5-9)16-6-12-17-13(19-18-12)8-3-4-20-7-8/h1-5,7,16H,6H2. The Balaban J connectivity index is 1.70. The Morgan fingerprint density at radius 3 is 3.00 bits per heavy atom. The average molecular weight is 354 g/mol. The first kappa shape index (κ1) is 13.3. The average Bonchev–Trinajstić information content (AvgIpc) is 3.08. The predicted molar refractivity (Wildman–Crippen MR) is 79.0 cm³/mol. The molecule has 0 amide bonds. The van der Waals surface area contributed by atoms with Gasteiger partial charge in [-0.05, 0) is 29.6 Å². The van der Waals surface area contributed by atoms with Gasteiger partial charge >= 0.3 is 0 Å². The summed E-state index contributed by atoms with van der Waals surface area (Å²) in [7, 11) is 0. The van der Waals surface area contributed by atoms with Crippen LogP contribution in [-0.2, 0) is 6.54 Å². The van der Waals surface area contributed by atoms with E-state index in [0.717, 1.165) is 5.56 Å². The van der Waals surface area contributed by atoms with Crippen molar-refractivity contribution in [3.63, 3.8) is 0 Å². The molecule has 0 saturated heterocycles. The molecule has 0 aliphatic heterocycles. The molecule has 2 heterocycles. The first-order valence-electron chi connectivity index (χ1n) is 5.76. The van der Waals surface area contributed by atoms with Crippen molar-refractivity contribution in [1.29, 1.82) is 0 Å². The van der Waals surface area contributed by atoms with Crippen LogP contribution in [0.4, 0.5) is 10.1 Å². The third kappa shape index (κ3) is 2.88. The lowest BCUT2D eigenvalue weighted by Crippen LogP contribution is -2.02. The van der Waals surface area contributed by atoms with Gasteiger partial charge in [0.15, 0.2) is 5.82 Å². The van der Waals surface area contributed by atoms with E-state index >= 15 is 0 Å². The number of anilines is 1. The number of hydrogen-bond acceptors (Lipinski definition) is 5. The van der Waals surface area contributed by atoms with Crippen LogP contribution in [0.25, 0.3) is 11.5 Å². The van der Waals surface area contributed by atoms with Crippen LogP contribution in [0.1, 0.15) is 5.82 Å². The molecule has 0 aliphatic carbocycles. The minimum Gasteiger partial charge on any atom is -0.375 e. The molecule has 0 atom stereocenters. The minimum atomic E-state index is -0.332. The van der Waals surface area contributed by atoms with E-state index in [4.69, 9.17) is 4.52 Å². The number of nitrogens with one attached hydrogen (secondary N) is 1. The Labute approximate surface area is 126 Å². The van der Waals surface area contributed by atoms with Crippen molar-refractivity contribution in [2.45, 2.75) is 6.54 Å². The fraction of sp³-hybridized carbons (Fsp3) is 0.0769. The van der Waals surface area contributed by atoms with E-state index in [9.17, 15) is 4.39 Å². The molecule has 102 valence electrons. The molecular weight excluding hydrogens is 345 g/mol. The molecule has 0 saturated carbocycles. The highest BCUT2D eigenvalue weighted by Gasteiger charge is 2.09. The van der Waals surface area contributed by atoms with Gasteiger partial charge in [-0.15, -0.1) is 0 Å². The van der Waals surface area contributed by atoms with Crippen LogP contribution in [-0.4, -0.2) is 10.1 Å². The third-order valence-corrected chi connectivity index (χ3v) is 3.78. The number of benzene rings is 1. The fourth-order valence-electron chi connectivity index (χ4n) is 1.64. The second-order valence-electron chi connectivity index (χ2n) is 4.01. The van der Waals surface area contributed by atoms with Crippen molar-refractivity contribution in [1.82, 2.24) is 10.1 Å². The van der Waals surface area contributed by atoms with Gasteiger partial charge in [0.1, 0.15) is 5.82 Å². The molecule has 0 radical (unpaired) electrons. The topological polar surface area (TPSA) is 51.0 Å². The number of halogens is 2. The molecule has 0 spiro atoms. The Kier molecular flexibility index (Phi) is 3.79. The van der Waals surface area contributed by atoms with Crippen LogP contribution in [0, 0.1) is 5.82 Å². The molecule has 0 bridgehead atoms.